The van der Waals surface area contributed by atoms with Crippen LogP contribution in [0, 0.1) is 0 Å². The fourth-order valence-corrected chi connectivity index (χ4v) is 4.12. The van der Waals surface area contributed by atoms with Crippen LogP contribution in [0.1, 0.15) is 41.4 Å². The van der Waals surface area contributed by atoms with Crippen LogP contribution >= 0.6 is 0 Å². The van der Waals surface area contributed by atoms with Gasteiger partial charge in [-0.3, -0.25) is 0 Å². The number of nitrogens with two attached hydrogens (primary N) is 4. The normalized spacial score (nSPS) is 10.7. The molecule has 2 rings (SSSR count). The quantitative estimate of drug-likeness (QED) is 0.275. The Labute approximate surface area is 169 Å². The third kappa shape index (κ3) is 3.42. The van der Waals surface area contributed by atoms with Crippen LogP contribution in [0.5, 0.6) is 0 Å². The molecule has 30 heavy (non-hydrogen) atoms. The van der Waals surface area contributed by atoms with Gasteiger partial charge in [0, 0.05) is 0 Å². The van der Waals surface area contributed by atoms with Crippen molar-refractivity contribution in [3.63, 3.8) is 0 Å². The van der Waals surface area contributed by atoms with Crippen molar-refractivity contribution in [1.82, 2.24) is 0 Å². The van der Waals surface area contributed by atoms with Crippen molar-refractivity contribution in [2.75, 3.05) is 22.9 Å². The molecule has 14 heteroatoms. The van der Waals surface area contributed by atoms with E-state index in [2.05, 4.69) is 0 Å². The highest BCUT2D eigenvalue weighted by atomic mass is 32.2. The largest absolute Gasteiger partial charge is 0.478 e. The molecule has 158 valence electrons. The minimum Gasteiger partial charge on any atom is -0.478 e. The number of carboxylic acids is 4. The van der Waals surface area contributed by atoms with E-state index in [9.17, 15) is 43.8 Å². The zero-order valence-electron chi connectivity index (χ0n) is 14.7. The predicted molar refractivity (Wildman–Crippen MR) is 103 cm³/mol. The zero-order chi connectivity index (χ0) is 23.1. The fourth-order valence-electron chi connectivity index (χ4n) is 2.67. The van der Waals surface area contributed by atoms with E-state index in [-0.39, 0.29) is 0 Å². The molecular weight excluding hydrogens is 424 g/mol. The maximum absolute atomic E-state index is 13.2. The Hall–Kier alpha value is -4.33. The van der Waals surface area contributed by atoms with Crippen LogP contribution in [0.15, 0.2) is 21.9 Å². The first-order valence-corrected chi connectivity index (χ1v) is 8.75. The first-order valence-electron chi connectivity index (χ1n) is 7.60. The van der Waals surface area contributed by atoms with Gasteiger partial charge < -0.3 is 43.4 Å². The molecule has 0 unspecified atom stereocenters. The smallest absolute Gasteiger partial charge is 0.338 e. The van der Waals surface area contributed by atoms with Gasteiger partial charge in [-0.2, -0.15) is 0 Å². The number of hydrogen-bond acceptors (Lipinski definition) is 9. The Morgan fingerprint density at radius 2 is 0.867 bits per heavy atom. The van der Waals surface area contributed by atoms with Crippen LogP contribution in [0.3, 0.4) is 0 Å². The van der Waals surface area contributed by atoms with Crippen LogP contribution in [0.25, 0.3) is 0 Å². The van der Waals surface area contributed by atoms with Gasteiger partial charge in [0.2, 0.25) is 0 Å². The topological polar surface area (TPSA) is 270 Å². The van der Waals surface area contributed by atoms with Crippen molar-refractivity contribution in [3.8, 4) is 0 Å². The second-order valence-corrected chi connectivity index (χ2v) is 7.16. The van der Waals surface area contributed by atoms with E-state index in [1.54, 1.807) is 0 Å². The Morgan fingerprint density at radius 1 is 0.600 bits per heavy atom. The number of rotatable bonds is 6. The molecule has 0 spiro atoms. The first-order chi connectivity index (χ1) is 13.8. The van der Waals surface area contributed by atoms with Gasteiger partial charge in [0.05, 0.1) is 54.5 Å². The van der Waals surface area contributed by atoms with E-state index in [0.29, 0.717) is 0 Å². The second kappa shape index (κ2) is 7.59. The zero-order valence-corrected chi connectivity index (χ0v) is 15.5. The van der Waals surface area contributed by atoms with E-state index in [4.69, 9.17) is 22.9 Å². The highest BCUT2D eigenvalue weighted by Crippen LogP contribution is 2.36. The lowest BCUT2D eigenvalue weighted by molar-refractivity contribution is 0.0648. The van der Waals surface area contributed by atoms with E-state index in [0.717, 1.165) is 12.1 Å². The van der Waals surface area contributed by atoms with Crippen molar-refractivity contribution >= 4 is 57.4 Å². The molecule has 0 aromatic heterocycles. The number of aromatic carboxylic acids is 4. The summed E-state index contributed by atoms with van der Waals surface area (Å²) in [7, 11) is -2.76. The molecule has 13 nitrogen and oxygen atoms in total. The Balaban J connectivity index is 3.02. The number of nitrogen functional groups attached to an aromatic ring is 4. The van der Waals surface area contributed by atoms with Gasteiger partial charge >= 0.3 is 23.9 Å². The van der Waals surface area contributed by atoms with Crippen molar-refractivity contribution in [2.24, 2.45) is 0 Å². The molecule has 2 aromatic rings. The maximum Gasteiger partial charge on any atom is 0.338 e. The third-order valence-corrected chi connectivity index (χ3v) is 5.42. The van der Waals surface area contributed by atoms with Crippen LogP contribution in [0.2, 0.25) is 0 Å². The lowest BCUT2D eigenvalue weighted by Crippen LogP contribution is -2.19. The molecule has 0 amide bonds. The van der Waals surface area contributed by atoms with Gasteiger partial charge in [0.1, 0.15) is 11.1 Å². The monoisotopic (exact) mass is 438 g/mol. The Morgan fingerprint density at radius 3 is 1.10 bits per heavy atom. The van der Waals surface area contributed by atoms with Crippen LogP contribution in [0.4, 0.5) is 22.7 Å². The minimum atomic E-state index is -2.76. The summed E-state index contributed by atoms with van der Waals surface area (Å²) in [5.74, 6) is -7.28. The highest BCUT2D eigenvalue weighted by Gasteiger charge is 2.33. The summed E-state index contributed by atoms with van der Waals surface area (Å²) in [6.45, 7) is 0. The van der Waals surface area contributed by atoms with Gasteiger partial charge in [-0.1, -0.05) is 0 Å². The molecule has 0 radical (unpaired) electrons. The average Bonchev–Trinajstić information content (AvgIpc) is 2.63. The molecule has 12 N–H and O–H groups in total. The molecular formula is C16H14N4O9S. The molecule has 2 aromatic carbocycles. The summed E-state index contributed by atoms with van der Waals surface area (Å²) in [4.78, 5) is 45.0. The summed E-state index contributed by atoms with van der Waals surface area (Å²) < 4.78 is 13.2. The molecule has 0 bridgehead atoms. The molecule has 0 heterocycles. The van der Waals surface area contributed by atoms with Crippen molar-refractivity contribution in [3.05, 3.63) is 34.4 Å². The minimum absolute atomic E-state index is 0.445. The van der Waals surface area contributed by atoms with E-state index in [1.165, 1.54) is 0 Å². The first kappa shape index (κ1) is 22.0. The van der Waals surface area contributed by atoms with Gasteiger partial charge in [-0.25, -0.2) is 23.4 Å². The fraction of sp³-hybridized carbons (Fsp3) is 0. The number of hydrogen-bond donors (Lipinski definition) is 8. The molecule has 0 fully saturated rings. The molecule has 0 aliphatic rings. The SMILES string of the molecule is Nc1cc(S(=O)c2cc(N)c(N)c(C(=O)O)c2C(=O)O)c(C(=O)O)c(C(=O)O)c1N. The molecule has 0 aliphatic carbocycles. The summed E-state index contributed by atoms with van der Waals surface area (Å²) >= 11 is 0. The highest BCUT2D eigenvalue weighted by molar-refractivity contribution is 7.85. The number of carboxylic acid groups (broad SMARTS) is 4. The summed E-state index contributed by atoms with van der Waals surface area (Å²) in [5, 5.41) is 37.6. The van der Waals surface area contributed by atoms with Crippen molar-refractivity contribution in [2.45, 2.75) is 9.79 Å². The number of benzene rings is 2. The van der Waals surface area contributed by atoms with Crippen molar-refractivity contribution in [1.29, 1.82) is 0 Å². The van der Waals surface area contributed by atoms with Gasteiger partial charge in [-0.05, 0) is 12.1 Å². The molecule has 0 atom stereocenters. The van der Waals surface area contributed by atoms with Gasteiger partial charge in [0.15, 0.2) is 0 Å². The Bertz CT molecular complexity index is 1090. The van der Waals surface area contributed by atoms with E-state index < -0.39 is 89.5 Å². The number of anilines is 4. The third-order valence-electron chi connectivity index (χ3n) is 3.98. The van der Waals surface area contributed by atoms with Crippen LogP contribution in [-0.4, -0.2) is 48.5 Å². The molecule has 0 saturated carbocycles. The lowest BCUT2D eigenvalue weighted by atomic mass is 10.0. The average molecular weight is 438 g/mol. The van der Waals surface area contributed by atoms with Crippen molar-refractivity contribution < 1.29 is 43.8 Å². The van der Waals surface area contributed by atoms with Gasteiger partial charge in [-0.15, -0.1) is 0 Å². The van der Waals surface area contributed by atoms with Crippen LogP contribution < -0.4 is 22.9 Å². The summed E-state index contributed by atoms with van der Waals surface area (Å²) in [6.07, 6.45) is 0. The lowest BCUT2D eigenvalue weighted by Gasteiger charge is -2.17. The van der Waals surface area contributed by atoms with E-state index in [1.807, 2.05) is 0 Å². The Kier molecular flexibility index (Phi) is 5.56. The number of carbonyl (C=O) groups is 4. The van der Waals surface area contributed by atoms with Gasteiger partial charge in [0.25, 0.3) is 0 Å². The second-order valence-electron chi connectivity index (χ2n) is 5.74. The summed E-state index contributed by atoms with van der Waals surface area (Å²) in [6, 6.07) is 1.58. The molecule has 0 saturated heterocycles. The van der Waals surface area contributed by atoms with E-state index >= 15 is 0 Å². The summed E-state index contributed by atoms with van der Waals surface area (Å²) in [5.41, 5.74) is 16.2. The maximum atomic E-state index is 13.2. The van der Waals surface area contributed by atoms with Crippen LogP contribution in [-0.2, 0) is 10.8 Å². The standard InChI is InChI=1S/C16H14N4O9S/c17-3-1-5(7(13(21)22)9(11(3)19)15(25)26)30(29)6-2-4(18)12(20)10(16(27)28)8(6)14(23)24/h1-2H,17-20H2,(H,21,22)(H,23,24)(H,25,26)(H,27,28). The molecule has 0 aliphatic heterocycles. The predicted octanol–water partition coefficient (Wildman–Crippen LogP) is -0.0251.